The van der Waals surface area contributed by atoms with Gasteiger partial charge in [0.2, 0.25) is 5.43 Å². The molecule has 0 N–H and O–H groups in total. The van der Waals surface area contributed by atoms with E-state index >= 15 is 0 Å². The Hall–Kier alpha value is -1.35. The second kappa shape index (κ2) is 5.11. The van der Waals surface area contributed by atoms with E-state index in [0.29, 0.717) is 11.0 Å². The number of carbonyl (C=O) groups is 1. The molecule has 0 atom stereocenters. The minimum Gasteiger partial charge on any atom is -0.462 e. The number of carbonyl (C=O) groups excluding carboxylic acids is 1. The SMILES string of the molecule is CCOC(=O)c1c[n]([Al])c2nc(Cl)ccc2c1=O. The Bertz CT molecular complexity index is 684. The Labute approximate surface area is 116 Å². The number of pyridine rings is 2. The standard InChI is InChI=1S/C11H9ClN2O3.Al/c1-2-17-11(16)7-5-13-10-6(9(7)15)3-4-8(12)14-10;/h3-5H,2H2,1H3,(H,13,14,15,16);/q;+1/p-1. The number of aromatic nitrogens is 2. The van der Waals surface area contributed by atoms with Crippen molar-refractivity contribution in [3.63, 3.8) is 0 Å². The molecular formula is C11H8AlClN2O3. The lowest BCUT2D eigenvalue weighted by Gasteiger charge is -2.09. The predicted octanol–water partition coefficient (Wildman–Crippen LogP) is 1.16. The number of hydrogen-bond donors (Lipinski definition) is 0. The van der Waals surface area contributed by atoms with Gasteiger partial charge in [-0.05, 0) is 25.3 Å². The van der Waals surface area contributed by atoms with Gasteiger partial charge in [-0.25, -0.2) is 9.78 Å². The fourth-order valence-electron chi connectivity index (χ4n) is 1.56. The van der Waals surface area contributed by atoms with Crippen molar-refractivity contribution in [1.82, 2.24) is 8.53 Å². The van der Waals surface area contributed by atoms with Crippen LogP contribution in [0.15, 0.2) is 23.1 Å². The molecule has 0 spiro atoms. The minimum atomic E-state index is -0.643. The summed E-state index contributed by atoms with van der Waals surface area (Å²) in [5, 5.41) is 0.599. The van der Waals surface area contributed by atoms with Gasteiger partial charge in [0.1, 0.15) is 16.4 Å². The zero-order valence-electron chi connectivity index (χ0n) is 9.51. The Morgan fingerprint density at radius 1 is 1.56 bits per heavy atom. The van der Waals surface area contributed by atoms with Gasteiger partial charge in [0.15, 0.2) is 0 Å². The maximum atomic E-state index is 12.1. The molecule has 0 aromatic carbocycles. The molecule has 0 saturated heterocycles. The van der Waals surface area contributed by atoms with Crippen molar-refractivity contribution in [2.24, 2.45) is 0 Å². The lowest BCUT2D eigenvalue weighted by molar-refractivity contribution is 0.0524. The molecule has 0 aliphatic rings. The van der Waals surface area contributed by atoms with Crippen LogP contribution in [-0.4, -0.2) is 37.6 Å². The first-order valence-corrected chi connectivity index (χ1v) is 6.08. The first kappa shape index (κ1) is 13.1. The van der Waals surface area contributed by atoms with Crippen LogP contribution in [0.1, 0.15) is 17.3 Å². The number of nitrogens with zero attached hydrogens (tertiary/aromatic N) is 2. The van der Waals surface area contributed by atoms with Gasteiger partial charge < -0.3 is 8.29 Å². The molecule has 2 aromatic heterocycles. The highest BCUT2D eigenvalue weighted by atomic mass is 35.5. The molecule has 90 valence electrons. The molecule has 0 amide bonds. The highest BCUT2D eigenvalue weighted by molar-refractivity contribution is 6.29. The van der Waals surface area contributed by atoms with Crippen LogP contribution in [0.4, 0.5) is 0 Å². The van der Waals surface area contributed by atoms with Gasteiger partial charge in [-0.1, -0.05) is 11.6 Å². The van der Waals surface area contributed by atoms with Crippen LogP contribution in [0.3, 0.4) is 0 Å². The third kappa shape index (κ3) is 2.27. The second-order valence-corrected chi connectivity index (χ2v) is 4.45. The van der Waals surface area contributed by atoms with E-state index in [1.54, 1.807) is 6.92 Å². The van der Waals surface area contributed by atoms with E-state index in [1.807, 2.05) is 0 Å². The molecule has 0 bridgehead atoms. The van der Waals surface area contributed by atoms with Crippen molar-refractivity contribution in [2.75, 3.05) is 6.61 Å². The van der Waals surface area contributed by atoms with E-state index in [-0.39, 0.29) is 17.3 Å². The summed E-state index contributed by atoms with van der Waals surface area (Å²) >= 11 is 8.12. The first-order valence-electron chi connectivity index (χ1n) is 5.18. The van der Waals surface area contributed by atoms with Crippen molar-refractivity contribution in [3.8, 4) is 0 Å². The van der Waals surface area contributed by atoms with Gasteiger partial charge in [0, 0.05) is 0 Å². The Morgan fingerprint density at radius 3 is 2.94 bits per heavy atom. The maximum Gasteiger partial charge on any atom is 0.343 e. The van der Waals surface area contributed by atoms with Crippen LogP contribution in [0, 0.1) is 0 Å². The Kier molecular flexibility index (Phi) is 3.71. The lowest BCUT2D eigenvalue weighted by Crippen LogP contribution is -2.21. The van der Waals surface area contributed by atoms with E-state index in [0.717, 1.165) is 0 Å². The van der Waals surface area contributed by atoms with Crippen molar-refractivity contribution < 1.29 is 9.53 Å². The summed E-state index contributed by atoms with van der Waals surface area (Å²) in [5.74, 6) is -0.643. The first-order chi connectivity index (χ1) is 8.54. The van der Waals surface area contributed by atoms with Crippen LogP contribution in [0.2, 0.25) is 5.15 Å². The van der Waals surface area contributed by atoms with Crippen LogP contribution in [0.5, 0.6) is 0 Å². The average Bonchev–Trinajstić information content (AvgIpc) is 2.34. The predicted molar refractivity (Wildman–Crippen MR) is 68.1 cm³/mol. The van der Waals surface area contributed by atoms with Gasteiger partial charge >= 0.3 is 22.5 Å². The molecule has 0 saturated carbocycles. The molecule has 0 unspecified atom stereocenters. The maximum absolute atomic E-state index is 12.1. The van der Waals surface area contributed by atoms with Crippen LogP contribution < -0.4 is 5.43 Å². The smallest absolute Gasteiger partial charge is 0.343 e. The van der Waals surface area contributed by atoms with Crippen LogP contribution >= 0.6 is 11.6 Å². The van der Waals surface area contributed by atoms with Gasteiger partial charge in [-0.15, -0.1) is 0 Å². The fraction of sp³-hybridized carbons (Fsp3) is 0.182. The lowest BCUT2D eigenvalue weighted by atomic mass is 10.2. The minimum absolute atomic E-state index is 0.0246. The summed E-state index contributed by atoms with van der Waals surface area (Å²) in [6.45, 7) is 1.89. The molecule has 18 heavy (non-hydrogen) atoms. The largest absolute Gasteiger partial charge is 0.462 e. The molecule has 2 heterocycles. The number of fused-ring (bicyclic) bond motifs is 1. The molecule has 2 radical (unpaired) electrons. The van der Waals surface area contributed by atoms with Crippen molar-refractivity contribution in [2.45, 2.75) is 6.92 Å². The molecule has 7 heteroatoms. The summed E-state index contributed by atoms with van der Waals surface area (Å²) in [7, 11) is 0. The van der Waals surface area contributed by atoms with E-state index in [9.17, 15) is 9.59 Å². The van der Waals surface area contributed by atoms with Crippen molar-refractivity contribution >= 4 is 45.1 Å². The number of ether oxygens (including phenoxy) is 1. The second-order valence-electron chi connectivity index (χ2n) is 3.50. The average molecular weight is 279 g/mol. The number of esters is 1. The molecule has 2 rings (SSSR count). The summed E-state index contributed by atoms with van der Waals surface area (Å²) in [6, 6.07) is 3.04. The molecule has 0 fully saturated rings. The quantitative estimate of drug-likeness (QED) is 0.470. The van der Waals surface area contributed by atoms with Gasteiger partial charge in [0.25, 0.3) is 0 Å². The molecule has 0 aliphatic carbocycles. The van der Waals surface area contributed by atoms with Crippen molar-refractivity contribution in [1.29, 1.82) is 0 Å². The third-order valence-electron chi connectivity index (χ3n) is 2.34. The van der Waals surface area contributed by atoms with E-state index in [2.05, 4.69) is 21.5 Å². The summed E-state index contributed by atoms with van der Waals surface area (Å²) < 4.78 is 6.32. The van der Waals surface area contributed by atoms with E-state index in [1.165, 1.54) is 21.9 Å². The van der Waals surface area contributed by atoms with Crippen LogP contribution in [-0.2, 0) is 4.74 Å². The topological polar surface area (TPSA) is 61.2 Å². The van der Waals surface area contributed by atoms with Gasteiger partial charge in [0.05, 0.1) is 12.0 Å². The molecular weight excluding hydrogens is 271 g/mol. The number of hydrogen-bond acceptors (Lipinski definition) is 4. The van der Waals surface area contributed by atoms with Gasteiger partial charge in [-0.2, -0.15) is 0 Å². The summed E-state index contributed by atoms with van der Waals surface area (Å²) in [5.41, 5.74) is -0.0414. The molecule has 0 aliphatic heterocycles. The van der Waals surface area contributed by atoms with Crippen LogP contribution in [0.25, 0.3) is 11.0 Å². The Balaban J connectivity index is 2.73. The molecule has 5 nitrogen and oxygen atoms in total. The number of halogens is 1. The summed E-state index contributed by atoms with van der Waals surface area (Å²) in [6.07, 6.45) is 1.37. The number of rotatable bonds is 2. The zero-order valence-corrected chi connectivity index (χ0v) is 11.4. The van der Waals surface area contributed by atoms with E-state index in [4.69, 9.17) is 16.3 Å². The van der Waals surface area contributed by atoms with E-state index < -0.39 is 11.4 Å². The Morgan fingerprint density at radius 2 is 2.28 bits per heavy atom. The third-order valence-corrected chi connectivity index (χ3v) is 2.94. The summed E-state index contributed by atoms with van der Waals surface area (Å²) in [4.78, 5) is 27.8. The normalized spacial score (nSPS) is 10.6. The van der Waals surface area contributed by atoms with Gasteiger partial charge in [-0.3, -0.25) is 4.79 Å². The highest BCUT2D eigenvalue weighted by Crippen LogP contribution is 2.12. The van der Waals surface area contributed by atoms with Crippen molar-refractivity contribution in [3.05, 3.63) is 39.3 Å². The fourth-order valence-corrected chi connectivity index (χ4v) is 2.05. The molecule has 2 aromatic rings. The highest BCUT2D eigenvalue weighted by Gasteiger charge is 2.15. The zero-order chi connectivity index (χ0) is 13.3. The monoisotopic (exact) mass is 278 g/mol.